The second kappa shape index (κ2) is 6.25. The Balaban J connectivity index is 1.44. The van der Waals surface area contributed by atoms with Crippen molar-refractivity contribution < 1.29 is 13.2 Å². The van der Waals surface area contributed by atoms with Crippen molar-refractivity contribution in [3.8, 4) is 0 Å². The number of anilines is 1. The van der Waals surface area contributed by atoms with Crippen molar-refractivity contribution in [1.82, 2.24) is 14.9 Å². The Morgan fingerprint density at radius 1 is 1.12 bits per heavy atom. The van der Waals surface area contributed by atoms with Gasteiger partial charge in [-0.3, -0.25) is 9.88 Å². The molecule has 0 aliphatic carbocycles. The van der Waals surface area contributed by atoms with Crippen LogP contribution in [0.5, 0.6) is 0 Å². The molecule has 132 valence electrons. The van der Waals surface area contributed by atoms with E-state index in [-0.39, 0.29) is 12.1 Å². The maximum absolute atomic E-state index is 12.9. The van der Waals surface area contributed by atoms with Gasteiger partial charge in [0.15, 0.2) is 0 Å². The van der Waals surface area contributed by atoms with Crippen molar-refractivity contribution in [3.05, 3.63) is 52.4 Å². The number of alkyl halides is 3. The van der Waals surface area contributed by atoms with Crippen LogP contribution in [-0.2, 0) is 12.7 Å². The summed E-state index contributed by atoms with van der Waals surface area (Å²) in [4.78, 5) is 12.6. The minimum atomic E-state index is -4.41. The van der Waals surface area contributed by atoms with E-state index in [2.05, 4.69) is 30.8 Å². The van der Waals surface area contributed by atoms with Crippen LogP contribution in [0.25, 0.3) is 0 Å². The summed E-state index contributed by atoms with van der Waals surface area (Å²) in [5.41, 5.74) is 0.166. The van der Waals surface area contributed by atoms with Gasteiger partial charge in [0.25, 0.3) is 0 Å². The lowest BCUT2D eigenvalue weighted by Gasteiger charge is -2.57. The lowest BCUT2D eigenvalue weighted by Crippen LogP contribution is -2.69. The molecule has 0 saturated carbocycles. The lowest BCUT2D eigenvalue weighted by atomic mass is 9.87. The van der Waals surface area contributed by atoms with Gasteiger partial charge in [-0.25, -0.2) is 4.98 Å². The molecule has 0 amide bonds. The van der Waals surface area contributed by atoms with Gasteiger partial charge in [0.1, 0.15) is 11.5 Å². The topological polar surface area (TPSA) is 32.3 Å². The Bertz CT molecular complexity index is 753. The molecule has 4 nitrogen and oxygen atoms in total. The van der Waals surface area contributed by atoms with Crippen LogP contribution < -0.4 is 4.90 Å². The highest BCUT2D eigenvalue weighted by atomic mass is 79.9. The number of halogens is 4. The fourth-order valence-corrected chi connectivity index (χ4v) is 3.89. The Morgan fingerprint density at radius 2 is 1.88 bits per heavy atom. The van der Waals surface area contributed by atoms with Crippen LogP contribution in [-0.4, -0.2) is 40.0 Å². The quantitative estimate of drug-likeness (QED) is 0.768. The van der Waals surface area contributed by atoms with Gasteiger partial charge in [0.2, 0.25) is 0 Å². The molecule has 2 unspecified atom stereocenters. The molecule has 0 aromatic carbocycles. The predicted molar refractivity (Wildman–Crippen MR) is 91.1 cm³/mol. The number of hydrogen-bond donors (Lipinski definition) is 0. The summed E-state index contributed by atoms with van der Waals surface area (Å²) in [5, 5.41) is 0. The van der Waals surface area contributed by atoms with Crippen molar-refractivity contribution in [2.45, 2.75) is 31.2 Å². The molecule has 2 atom stereocenters. The van der Waals surface area contributed by atoms with Crippen LogP contribution >= 0.6 is 15.9 Å². The molecular weight excluding hydrogens is 397 g/mol. The van der Waals surface area contributed by atoms with E-state index in [9.17, 15) is 13.2 Å². The van der Waals surface area contributed by atoms with Crippen LogP contribution in [0.4, 0.5) is 19.0 Å². The molecular formula is C17H16BrF3N4. The van der Waals surface area contributed by atoms with Gasteiger partial charge in [-0.1, -0.05) is 6.07 Å². The zero-order valence-electron chi connectivity index (χ0n) is 13.2. The second-order valence-corrected chi connectivity index (χ2v) is 7.41. The van der Waals surface area contributed by atoms with Gasteiger partial charge < -0.3 is 4.90 Å². The summed E-state index contributed by atoms with van der Waals surface area (Å²) in [6.07, 6.45) is -1.63. The standard InChI is InChI=1S/C17H16BrF3N4/c18-11-4-5-12(22-7-11)8-24-9-13-6-14(10-24)25(13)16-3-1-2-15(23-16)17(19,20)21/h1-5,7,13-14H,6,8-10H2. The first-order valence-electron chi connectivity index (χ1n) is 8.05. The summed E-state index contributed by atoms with van der Waals surface area (Å²) in [5.74, 6) is 0.428. The van der Waals surface area contributed by atoms with Crippen LogP contribution in [0, 0.1) is 0 Å². The third kappa shape index (κ3) is 3.37. The van der Waals surface area contributed by atoms with Gasteiger partial charge in [0, 0.05) is 42.4 Å². The van der Waals surface area contributed by atoms with Gasteiger partial charge in [-0.2, -0.15) is 13.2 Å². The van der Waals surface area contributed by atoms with Crippen molar-refractivity contribution in [1.29, 1.82) is 0 Å². The van der Waals surface area contributed by atoms with Crippen molar-refractivity contribution in [3.63, 3.8) is 0 Å². The number of rotatable bonds is 3. The summed E-state index contributed by atoms with van der Waals surface area (Å²) < 4.78 is 39.6. The highest BCUT2D eigenvalue weighted by Gasteiger charge is 2.45. The van der Waals surface area contributed by atoms with Gasteiger partial charge in [-0.05, 0) is 46.6 Å². The van der Waals surface area contributed by atoms with Gasteiger partial charge in [-0.15, -0.1) is 0 Å². The summed E-state index contributed by atoms with van der Waals surface area (Å²) >= 11 is 3.37. The Kier molecular flexibility index (Phi) is 4.19. The van der Waals surface area contributed by atoms with E-state index in [1.54, 1.807) is 12.3 Å². The molecule has 2 bridgehead atoms. The average Bonchev–Trinajstić information content (AvgIpc) is 2.56. The largest absolute Gasteiger partial charge is 0.433 e. The molecule has 2 aromatic rings. The molecule has 25 heavy (non-hydrogen) atoms. The number of fused-ring (bicyclic) bond motifs is 2. The molecule has 5 heterocycles. The Morgan fingerprint density at radius 3 is 2.52 bits per heavy atom. The Labute approximate surface area is 151 Å². The predicted octanol–water partition coefficient (Wildman–Crippen LogP) is 3.72. The van der Waals surface area contributed by atoms with Crippen LogP contribution in [0.15, 0.2) is 41.0 Å². The number of piperidine rings is 1. The lowest BCUT2D eigenvalue weighted by molar-refractivity contribution is -0.141. The number of hydrogen-bond acceptors (Lipinski definition) is 4. The zero-order valence-corrected chi connectivity index (χ0v) is 14.8. The van der Waals surface area contributed by atoms with E-state index in [1.807, 2.05) is 17.0 Å². The van der Waals surface area contributed by atoms with Crippen LogP contribution in [0.1, 0.15) is 17.8 Å². The van der Waals surface area contributed by atoms with E-state index in [0.717, 1.165) is 42.3 Å². The summed E-state index contributed by atoms with van der Waals surface area (Å²) in [6, 6.07) is 8.49. The third-order valence-electron chi connectivity index (χ3n) is 4.73. The Hall–Kier alpha value is -1.67. The van der Waals surface area contributed by atoms with Crippen molar-refractivity contribution >= 4 is 21.7 Å². The van der Waals surface area contributed by atoms with E-state index in [0.29, 0.717) is 5.82 Å². The molecule has 0 spiro atoms. The smallest absolute Gasteiger partial charge is 0.348 e. The summed E-state index contributed by atoms with van der Waals surface area (Å²) in [7, 11) is 0. The molecule has 3 saturated heterocycles. The second-order valence-electron chi connectivity index (χ2n) is 6.49. The number of aromatic nitrogens is 2. The molecule has 3 fully saturated rings. The normalized spacial score (nSPS) is 23.4. The molecule has 3 aliphatic heterocycles. The van der Waals surface area contributed by atoms with Crippen molar-refractivity contribution in [2.24, 2.45) is 0 Å². The highest BCUT2D eigenvalue weighted by molar-refractivity contribution is 9.10. The fraction of sp³-hybridized carbons (Fsp3) is 0.412. The molecule has 0 radical (unpaired) electrons. The van der Waals surface area contributed by atoms with E-state index in [1.165, 1.54) is 6.07 Å². The minimum Gasteiger partial charge on any atom is -0.348 e. The first kappa shape index (κ1) is 16.8. The maximum Gasteiger partial charge on any atom is 0.433 e. The summed E-state index contributed by atoms with van der Waals surface area (Å²) in [6.45, 7) is 2.38. The molecule has 2 aromatic heterocycles. The van der Waals surface area contributed by atoms with E-state index >= 15 is 0 Å². The number of pyridine rings is 2. The SMILES string of the molecule is FC(F)(F)c1cccc(N2C3CC2CN(Cc2ccc(Br)cn2)C3)n1. The van der Waals surface area contributed by atoms with Crippen molar-refractivity contribution in [2.75, 3.05) is 18.0 Å². The van der Waals surface area contributed by atoms with E-state index in [4.69, 9.17) is 0 Å². The third-order valence-corrected chi connectivity index (χ3v) is 5.20. The number of piperazine rings is 1. The van der Waals surface area contributed by atoms with E-state index < -0.39 is 11.9 Å². The molecule has 8 heteroatoms. The number of nitrogens with zero attached hydrogens (tertiary/aromatic N) is 4. The zero-order chi connectivity index (χ0) is 17.6. The minimum absolute atomic E-state index is 0.213. The fourth-order valence-electron chi connectivity index (χ4n) is 3.65. The van der Waals surface area contributed by atoms with Gasteiger partial charge in [0.05, 0.1) is 5.69 Å². The molecule has 3 aliphatic rings. The maximum atomic E-state index is 12.9. The molecule has 0 N–H and O–H groups in total. The first-order valence-corrected chi connectivity index (χ1v) is 8.85. The highest BCUT2D eigenvalue weighted by Crippen LogP contribution is 2.38. The monoisotopic (exact) mass is 412 g/mol. The molecule has 5 rings (SSSR count). The first-order chi connectivity index (χ1) is 11.9. The average molecular weight is 413 g/mol. The van der Waals surface area contributed by atoms with Gasteiger partial charge >= 0.3 is 6.18 Å². The van der Waals surface area contributed by atoms with Crippen LogP contribution in [0.3, 0.4) is 0 Å². The van der Waals surface area contributed by atoms with Crippen LogP contribution in [0.2, 0.25) is 0 Å².